The summed E-state index contributed by atoms with van der Waals surface area (Å²) >= 11 is 0. The van der Waals surface area contributed by atoms with Crippen LogP contribution in [0.3, 0.4) is 0 Å². The normalized spacial score (nSPS) is 17.3. The number of benzene rings is 1. The third kappa shape index (κ3) is 3.85. The first-order valence-corrected chi connectivity index (χ1v) is 9.45. The second-order valence-corrected chi connectivity index (χ2v) is 7.00. The zero-order valence-corrected chi connectivity index (χ0v) is 15.0. The molecule has 2 aliphatic heterocycles. The molecule has 6 nitrogen and oxygen atoms in total. The predicted octanol–water partition coefficient (Wildman–Crippen LogP) is 2.49. The first kappa shape index (κ1) is 17.0. The summed E-state index contributed by atoms with van der Waals surface area (Å²) in [7, 11) is 0. The van der Waals surface area contributed by atoms with Gasteiger partial charge in [0.2, 0.25) is 11.9 Å². The van der Waals surface area contributed by atoms with E-state index < -0.39 is 0 Å². The third-order valence-corrected chi connectivity index (χ3v) is 5.06. The Morgan fingerprint density at radius 3 is 2.23 bits per heavy atom. The van der Waals surface area contributed by atoms with Crippen LogP contribution in [0.5, 0.6) is 0 Å². The molecule has 0 saturated carbocycles. The smallest absolute Gasteiger partial charge is 0.227 e. The van der Waals surface area contributed by atoms with Gasteiger partial charge in [-0.1, -0.05) is 12.1 Å². The van der Waals surface area contributed by atoms with Crippen LogP contribution < -0.4 is 15.1 Å². The minimum atomic E-state index is 0.230. The lowest BCUT2D eigenvalue weighted by Crippen LogP contribution is -2.23. The van der Waals surface area contributed by atoms with E-state index in [4.69, 9.17) is 0 Å². The van der Waals surface area contributed by atoms with E-state index >= 15 is 0 Å². The molecule has 2 saturated heterocycles. The fraction of sp³-hybridized carbons (Fsp3) is 0.450. The second-order valence-electron chi connectivity index (χ2n) is 7.00. The SMILES string of the molecule is O=C1CCCN1c1ccc(CNCc2cnc(N3CCCC3)nc2)cc1. The van der Waals surface area contributed by atoms with Crippen molar-refractivity contribution in [1.82, 2.24) is 15.3 Å². The number of aromatic nitrogens is 2. The molecule has 1 N–H and O–H groups in total. The summed E-state index contributed by atoms with van der Waals surface area (Å²) in [6, 6.07) is 8.24. The molecule has 0 bridgehead atoms. The molecular formula is C20H25N5O. The molecule has 1 aromatic heterocycles. The summed E-state index contributed by atoms with van der Waals surface area (Å²) in [5, 5.41) is 3.43. The van der Waals surface area contributed by atoms with E-state index in [2.05, 4.69) is 32.3 Å². The van der Waals surface area contributed by atoms with Crippen molar-refractivity contribution in [3.8, 4) is 0 Å². The highest BCUT2D eigenvalue weighted by molar-refractivity contribution is 5.95. The van der Waals surface area contributed by atoms with Crippen LogP contribution in [0.1, 0.15) is 36.8 Å². The highest BCUT2D eigenvalue weighted by Gasteiger charge is 2.21. The van der Waals surface area contributed by atoms with Crippen LogP contribution in [0.15, 0.2) is 36.7 Å². The van der Waals surface area contributed by atoms with Crippen LogP contribution in [0.2, 0.25) is 0 Å². The number of nitrogens with one attached hydrogen (secondary N) is 1. The number of nitrogens with zero attached hydrogens (tertiary/aromatic N) is 4. The Labute approximate surface area is 154 Å². The van der Waals surface area contributed by atoms with Gasteiger partial charge in [-0.25, -0.2) is 9.97 Å². The molecule has 0 radical (unpaired) electrons. The van der Waals surface area contributed by atoms with Gasteiger partial charge in [0.1, 0.15) is 0 Å². The minimum Gasteiger partial charge on any atom is -0.341 e. The van der Waals surface area contributed by atoms with E-state index in [9.17, 15) is 4.79 Å². The quantitative estimate of drug-likeness (QED) is 0.866. The van der Waals surface area contributed by atoms with Crippen LogP contribution in [0.4, 0.5) is 11.6 Å². The van der Waals surface area contributed by atoms with E-state index in [1.807, 2.05) is 29.4 Å². The van der Waals surface area contributed by atoms with Crippen molar-refractivity contribution in [2.45, 2.75) is 38.8 Å². The monoisotopic (exact) mass is 351 g/mol. The molecule has 0 atom stereocenters. The molecule has 1 amide bonds. The van der Waals surface area contributed by atoms with Crippen LogP contribution in [-0.4, -0.2) is 35.5 Å². The first-order valence-electron chi connectivity index (χ1n) is 9.45. The summed E-state index contributed by atoms with van der Waals surface area (Å²) in [5.41, 5.74) is 3.30. The zero-order valence-electron chi connectivity index (χ0n) is 15.0. The summed E-state index contributed by atoms with van der Waals surface area (Å²) in [6.07, 6.45) is 7.92. The molecule has 136 valence electrons. The average Bonchev–Trinajstić information content (AvgIpc) is 3.35. The third-order valence-electron chi connectivity index (χ3n) is 5.06. The van der Waals surface area contributed by atoms with Gasteiger partial charge in [0.05, 0.1) is 0 Å². The highest BCUT2D eigenvalue weighted by Crippen LogP contribution is 2.21. The molecule has 4 rings (SSSR count). The Hall–Kier alpha value is -2.47. The lowest BCUT2D eigenvalue weighted by atomic mass is 10.2. The number of hydrogen-bond donors (Lipinski definition) is 1. The Morgan fingerprint density at radius 1 is 0.885 bits per heavy atom. The van der Waals surface area contributed by atoms with Gasteiger partial charge in [-0.15, -0.1) is 0 Å². The predicted molar refractivity (Wildman–Crippen MR) is 102 cm³/mol. The van der Waals surface area contributed by atoms with Crippen LogP contribution in [0, 0.1) is 0 Å². The van der Waals surface area contributed by atoms with Crippen molar-refractivity contribution < 1.29 is 4.79 Å². The zero-order chi connectivity index (χ0) is 17.8. The van der Waals surface area contributed by atoms with Crippen LogP contribution >= 0.6 is 0 Å². The van der Waals surface area contributed by atoms with Crippen LogP contribution in [0.25, 0.3) is 0 Å². The lowest BCUT2D eigenvalue weighted by Gasteiger charge is -2.16. The molecule has 0 unspecified atom stereocenters. The Morgan fingerprint density at radius 2 is 1.58 bits per heavy atom. The Balaban J connectivity index is 1.27. The van der Waals surface area contributed by atoms with Gasteiger partial charge in [-0.05, 0) is 37.0 Å². The van der Waals surface area contributed by atoms with Gasteiger partial charge >= 0.3 is 0 Å². The fourth-order valence-electron chi connectivity index (χ4n) is 3.59. The van der Waals surface area contributed by atoms with Gasteiger partial charge < -0.3 is 15.1 Å². The van der Waals surface area contributed by atoms with E-state index in [-0.39, 0.29) is 5.91 Å². The van der Waals surface area contributed by atoms with Crippen molar-refractivity contribution in [3.05, 3.63) is 47.8 Å². The van der Waals surface area contributed by atoms with Gasteiger partial charge in [0, 0.05) is 62.8 Å². The molecule has 1 aromatic carbocycles. The van der Waals surface area contributed by atoms with Crippen molar-refractivity contribution >= 4 is 17.5 Å². The van der Waals surface area contributed by atoms with Gasteiger partial charge in [-0.3, -0.25) is 4.79 Å². The topological polar surface area (TPSA) is 61.4 Å². The molecule has 0 aliphatic carbocycles. The summed E-state index contributed by atoms with van der Waals surface area (Å²) < 4.78 is 0. The number of amides is 1. The maximum Gasteiger partial charge on any atom is 0.227 e. The average molecular weight is 351 g/mol. The van der Waals surface area contributed by atoms with E-state index in [1.54, 1.807) is 0 Å². The van der Waals surface area contributed by atoms with Gasteiger partial charge in [0.15, 0.2) is 0 Å². The van der Waals surface area contributed by atoms with E-state index in [0.29, 0.717) is 6.42 Å². The van der Waals surface area contributed by atoms with Crippen LogP contribution in [-0.2, 0) is 17.9 Å². The molecule has 3 heterocycles. The van der Waals surface area contributed by atoms with Gasteiger partial charge in [-0.2, -0.15) is 0 Å². The molecular weight excluding hydrogens is 326 g/mol. The molecule has 6 heteroatoms. The maximum absolute atomic E-state index is 11.8. The summed E-state index contributed by atoms with van der Waals surface area (Å²) in [5.74, 6) is 1.08. The number of anilines is 2. The van der Waals surface area contributed by atoms with Crippen molar-refractivity contribution in [2.75, 3.05) is 29.4 Å². The second kappa shape index (κ2) is 7.83. The largest absolute Gasteiger partial charge is 0.341 e. The van der Waals surface area contributed by atoms with Crippen molar-refractivity contribution in [2.24, 2.45) is 0 Å². The van der Waals surface area contributed by atoms with Crippen molar-refractivity contribution in [3.63, 3.8) is 0 Å². The summed E-state index contributed by atoms with van der Waals surface area (Å²) in [4.78, 5) is 24.9. The minimum absolute atomic E-state index is 0.230. The van der Waals surface area contributed by atoms with E-state index in [0.717, 1.165) is 56.3 Å². The summed E-state index contributed by atoms with van der Waals surface area (Å²) in [6.45, 7) is 4.49. The maximum atomic E-state index is 11.8. The molecule has 2 aromatic rings. The Kier molecular flexibility index (Phi) is 5.11. The lowest BCUT2D eigenvalue weighted by molar-refractivity contribution is -0.117. The molecule has 2 fully saturated rings. The van der Waals surface area contributed by atoms with Crippen molar-refractivity contribution in [1.29, 1.82) is 0 Å². The number of hydrogen-bond acceptors (Lipinski definition) is 5. The molecule has 26 heavy (non-hydrogen) atoms. The first-order chi connectivity index (χ1) is 12.8. The molecule has 0 spiro atoms. The fourth-order valence-corrected chi connectivity index (χ4v) is 3.59. The highest BCUT2D eigenvalue weighted by atomic mass is 16.2. The standard InChI is InChI=1S/C20H25N5O/c26-19-4-3-11-25(19)18-7-5-16(6-8-18)12-21-13-17-14-22-20(23-15-17)24-9-1-2-10-24/h5-8,14-15,21H,1-4,9-13H2. The van der Waals surface area contributed by atoms with E-state index in [1.165, 1.54) is 18.4 Å². The number of carbonyl (C=O) groups excluding carboxylic acids is 1. The number of carbonyl (C=O) groups is 1. The Bertz CT molecular complexity index is 738. The molecule has 2 aliphatic rings. The van der Waals surface area contributed by atoms with Gasteiger partial charge in [0.25, 0.3) is 0 Å². The number of rotatable bonds is 6.